The van der Waals surface area contributed by atoms with Gasteiger partial charge in [0, 0.05) is 34.4 Å². The van der Waals surface area contributed by atoms with E-state index in [1.165, 1.54) is 24.3 Å². The van der Waals surface area contributed by atoms with Crippen molar-refractivity contribution < 1.29 is 18.7 Å². The van der Waals surface area contributed by atoms with Crippen LogP contribution in [0.4, 0.5) is 8.78 Å². The number of nitrogens with one attached hydrogen (secondary N) is 1. The fraction of sp³-hybridized carbons (Fsp3) is 0.391. The van der Waals surface area contributed by atoms with Crippen molar-refractivity contribution in [2.24, 2.45) is 5.92 Å². The number of carbonyl (C=O) groups is 1. The molecule has 2 unspecified atom stereocenters. The first kappa shape index (κ1) is 19.2. The van der Waals surface area contributed by atoms with E-state index in [2.05, 4.69) is 0 Å². The van der Waals surface area contributed by atoms with Crippen molar-refractivity contribution in [1.82, 2.24) is 9.47 Å². The van der Waals surface area contributed by atoms with Crippen LogP contribution in [-0.2, 0) is 11.3 Å². The molecule has 7 heteroatoms. The molecule has 1 amide bonds. The molecule has 3 aromatic rings. The predicted octanol–water partition coefficient (Wildman–Crippen LogP) is 3.85. The second-order valence-corrected chi connectivity index (χ2v) is 8.36. The molecule has 5 nitrogen and oxygen atoms in total. The number of halogens is 2. The van der Waals surface area contributed by atoms with E-state index in [0.717, 1.165) is 19.3 Å². The zero-order valence-electron chi connectivity index (χ0n) is 16.4. The second-order valence-electron chi connectivity index (χ2n) is 8.36. The molecular formula is C23H23F2N3O2. The zero-order chi connectivity index (χ0) is 21.0. The largest absolute Gasteiger partial charge is 0.385 e. The summed E-state index contributed by atoms with van der Waals surface area (Å²) in [7, 11) is 0. The van der Waals surface area contributed by atoms with Gasteiger partial charge in [-0.25, -0.2) is 8.78 Å². The van der Waals surface area contributed by atoms with Gasteiger partial charge in [-0.1, -0.05) is 0 Å². The standard InChI is InChI=1S/C23H23F2N3O2/c24-13-4-6-19-17(10-13)18-11-14(25)5-7-20(18)28(19)12-21(29)22(26)16-8-9-27(23(16)30)15-2-1-3-15/h4-7,10-11,15-16,21,26,29H,1-3,8-9,12H2. The van der Waals surface area contributed by atoms with Crippen molar-refractivity contribution in [3.05, 3.63) is 48.0 Å². The lowest BCUT2D eigenvalue weighted by Gasteiger charge is -2.35. The Bertz CT molecular complexity index is 1110. The Hall–Kier alpha value is -2.80. The number of nitrogens with zero attached hydrogens (tertiary/aromatic N) is 2. The van der Waals surface area contributed by atoms with Gasteiger partial charge in [0.25, 0.3) is 0 Å². The molecule has 2 aromatic carbocycles. The van der Waals surface area contributed by atoms with Gasteiger partial charge < -0.3 is 20.0 Å². The number of fused-ring (bicyclic) bond motifs is 3. The van der Waals surface area contributed by atoms with Gasteiger partial charge in [0.1, 0.15) is 17.7 Å². The number of benzene rings is 2. The van der Waals surface area contributed by atoms with E-state index in [0.29, 0.717) is 34.8 Å². The lowest BCUT2D eigenvalue weighted by Crippen LogP contribution is -2.43. The first-order valence-corrected chi connectivity index (χ1v) is 10.4. The van der Waals surface area contributed by atoms with Gasteiger partial charge in [-0.15, -0.1) is 0 Å². The Morgan fingerprint density at radius 3 is 2.20 bits per heavy atom. The van der Waals surface area contributed by atoms with Crippen LogP contribution in [0.2, 0.25) is 0 Å². The normalized spacial score (nSPS) is 20.8. The van der Waals surface area contributed by atoms with Gasteiger partial charge in [0.15, 0.2) is 0 Å². The van der Waals surface area contributed by atoms with E-state index in [-0.39, 0.29) is 24.2 Å². The highest BCUT2D eigenvalue weighted by Crippen LogP contribution is 2.33. The molecule has 30 heavy (non-hydrogen) atoms. The summed E-state index contributed by atoms with van der Waals surface area (Å²) in [5.74, 6) is -1.50. The summed E-state index contributed by atoms with van der Waals surface area (Å²) in [6.45, 7) is 0.681. The van der Waals surface area contributed by atoms with Crippen molar-refractivity contribution in [2.45, 2.75) is 44.4 Å². The van der Waals surface area contributed by atoms with E-state index >= 15 is 0 Å². The van der Waals surface area contributed by atoms with Crippen LogP contribution in [0.5, 0.6) is 0 Å². The molecule has 0 bridgehead atoms. The molecule has 1 aliphatic carbocycles. The average molecular weight is 411 g/mol. The number of aromatic nitrogens is 1. The van der Waals surface area contributed by atoms with Crippen LogP contribution in [0.25, 0.3) is 21.8 Å². The summed E-state index contributed by atoms with van der Waals surface area (Å²) in [6, 6.07) is 8.82. The van der Waals surface area contributed by atoms with E-state index < -0.39 is 23.7 Å². The van der Waals surface area contributed by atoms with E-state index in [1.807, 2.05) is 4.90 Å². The summed E-state index contributed by atoms with van der Waals surface area (Å²) in [4.78, 5) is 14.6. The minimum Gasteiger partial charge on any atom is -0.385 e. The Morgan fingerprint density at radius 1 is 1.07 bits per heavy atom. The van der Waals surface area contributed by atoms with E-state index in [1.54, 1.807) is 16.7 Å². The number of likely N-dealkylation sites (tertiary alicyclic amines) is 1. The minimum atomic E-state index is -1.16. The molecule has 0 radical (unpaired) electrons. The van der Waals surface area contributed by atoms with Crippen molar-refractivity contribution in [1.29, 1.82) is 5.41 Å². The van der Waals surface area contributed by atoms with E-state index in [9.17, 15) is 18.7 Å². The van der Waals surface area contributed by atoms with Crippen LogP contribution in [0.1, 0.15) is 25.7 Å². The molecule has 2 heterocycles. The third-order valence-electron chi connectivity index (χ3n) is 6.63. The summed E-state index contributed by atoms with van der Waals surface area (Å²) in [5.41, 5.74) is 1.32. The van der Waals surface area contributed by atoms with Gasteiger partial charge in [-0.2, -0.15) is 0 Å². The van der Waals surface area contributed by atoms with Gasteiger partial charge in [-0.3, -0.25) is 4.79 Å². The molecule has 2 fully saturated rings. The van der Waals surface area contributed by atoms with Gasteiger partial charge in [0.2, 0.25) is 5.91 Å². The number of amides is 1. The van der Waals surface area contributed by atoms with Crippen molar-refractivity contribution in [3.8, 4) is 0 Å². The molecule has 1 saturated carbocycles. The monoisotopic (exact) mass is 411 g/mol. The maximum Gasteiger partial charge on any atom is 0.231 e. The Labute approximate surface area is 172 Å². The lowest BCUT2D eigenvalue weighted by atomic mass is 9.91. The third kappa shape index (κ3) is 2.99. The smallest absolute Gasteiger partial charge is 0.231 e. The fourth-order valence-electron chi connectivity index (χ4n) is 4.80. The molecule has 2 atom stereocenters. The topological polar surface area (TPSA) is 69.3 Å². The van der Waals surface area contributed by atoms with Crippen LogP contribution >= 0.6 is 0 Å². The summed E-state index contributed by atoms with van der Waals surface area (Å²) >= 11 is 0. The quantitative estimate of drug-likeness (QED) is 0.626. The molecule has 5 rings (SSSR count). The SMILES string of the molecule is N=C(C(O)Cn1c2ccc(F)cc2c2cc(F)ccc21)C1CCN(C2CCC2)C1=O. The first-order chi connectivity index (χ1) is 14.4. The number of hydrogen-bond donors (Lipinski definition) is 2. The Kier molecular flexibility index (Phi) is 4.58. The second kappa shape index (κ2) is 7.16. The fourth-order valence-corrected chi connectivity index (χ4v) is 4.80. The minimum absolute atomic E-state index is 0.0149. The molecule has 2 aliphatic rings. The molecular weight excluding hydrogens is 388 g/mol. The summed E-state index contributed by atoms with van der Waals surface area (Å²) < 4.78 is 29.4. The van der Waals surface area contributed by atoms with Crippen LogP contribution in [0.3, 0.4) is 0 Å². The molecule has 1 saturated heterocycles. The zero-order valence-corrected chi connectivity index (χ0v) is 16.4. The number of hydrogen-bond acceptors (Lipinski definition) is 3. The van der Waals surface area contributed by atoms with Crippen molar-refractivity contribution >= 4 is 33.4 Å². The molecule has 156 valence electrons. The van der Waals surface area contributed by atoms with Crippen LogP contribution in [0.15, 0.2) is 36.4 Å². The van der Waals surface area contributed by atoms with Crippen molar-refractivity contribution in [2.75, 3.05) is 6.54 Å². The van der Waals surface area contributed by atoms with Crippen molar-refractivity contribution in [3.63, 3.8) is 0 Å². The molecule has 1 aromatic heterocycles. The van der Waals surface area contributed by atoms with Gasteiger partial charge in [0.05, 0.1) is 18.2 Å². The highest BCUT2D eigenvalue weighted by atomic mass is 19.1. The summed E-state index contributed by atoms with van der Waals surface area (Å²) in [5, 5.41) is 20.4. The molecule has 0 spiro atoms. The number of aliphatic hydroxyl groups excluding tert-OH is 1. The predicted molar refractivity (Wildman–Crippen MR) is 111 cm³/mol. The van der Waals surface area contributed by atoms with Crippen LogP contribution in [0, 0.1) is 23.0 Å². The van der Waals surface area contributed by atoms with Crippen LogP contribution in [-0.4, -0.2) is 44.9 Å². The number of rotatable bonds is 5. The summed E-state index contributed by atoms with van der Waals surface area (Å²) in [6.07, 6.45) is 2.56. The van der Waals surface area contributed by atoms with Crippen LogP contribution < -0.4 is 0 Å². The highest BCUT2D eigenvalue weighted by molar-refractivity contribution is 6.09. The van der Waals surface area contributed by atoms with Gasteiger partial charge >= 0.3 is 0 Å². The Balaban J connectivity index is 1.45. The molecule has 1 aliphatic heterocycles. The van der Waals surface area contributed by atoms with E-state index in [4.69, 9.17) is 5.41 Å². The average Bonchev–Trinajstić information content (AvgIpc) is 3.18. The van der Waals surface area contributed by atoms with Gasteiger partial charge in [-0.05, 0) is 62.1 Å². The maximum atomic E-state index is 13.8. The number of aliphatic hydroxyl groups is 1. The lowest BCUT2D eigenvalue weighted by molar-refractivity contribution is -0.132. The Morgan fingerprint density at radius 2 is 1.67 bits per heavy atom. The third-order valence-corrected chi connectivity index (χ3v) is 6.63. The first-order valence-electron chi connectivity index (χ1n) is 10.4. The maximum absolute atomic E-state index is 13.8. The highest BCUT2D eigenvalue weighted by Gasteiger charge is 2.41. The molecule has 2 N–H and O–H groups in total. The number of carbonyl (C=O) groups excluding carboxylic acids is 1.